The van der Waals surface area contributed by atoms with Gasteiger partial charge in [0.05, 0.1) is 18.1 Å². The molecule has 0 amide bonds. The van der Waals surface area contributed by atoms with E-state index < -0.39 is 27.0 Å². The van der Waals surface area contributed by atoms with Crippen LogP contribution in [0, 0.1) is 6.92 Å². The molecule has 3 aromatic heterocycles. The van der Waals surface area contributed by atoms with E-state index in [0.29, 0.717) is 15.8 Å². The molecule has 4 rings (SSSR count). The van der Waals surface area contributed by atoms with Crippen LogP contribution in [0.3, 0.4) is 0 Å². The standard InChI is InChI=1S/C22H18F3N5O3S/c1-15-7-8-16(11-26-15)17-9-10-21-27-12-18(30(21)14-17)13-28-29(2)34(31,32)20-6-4-3-5-19(20)33-22(23,24)25/h3-14H,1-2H3/b28-13+. The summed E-state index contributed by atoms with van der Waals surface area (Å²) in [5, 5.41) is 3.93. The number of pyridine rings is 2. The van der Waals surface area contributed by atoms with Gasteiger partial charge in [0.25, 0.3) is 10.0 Å². The molecule has 0 bridgehead atoms. The minimum absolute atomic E-state index is 0.457. The lowest BCUT2D eigenvalue weighted by molar-refractivity contribution is -0.275. The molecule has 0 atom stereocenters. The summed E-state index contributed by atoms with van der Waals surface area (Å²) in [6.45, 7) is 1.88. The van der Waals surface area contributed by atoms with E-state index in [2.05, 4.69) is 19.8 Å². The fourth-order valence-corrected chi connectivity index (χ4v) is 4.19. The van der Waals surface area contributed by atoms with Gasteiger partial charge in [-0.05, 0) is 37.3 Å². The van der Waals surface area contributed by atoms with E-state index in [4.69, 9.17) is 0 Å². The molecule has 34 heavy (non-hydrogen) atoms. The van der Waals surface area contributed by atoms with Gasteiger partial charge in [0, 0.05) is 36.3 Å². The second kappa shape index (κ2) is 8.78. The van der Waals surface area contributed by atoms with Crippen molar-refractivity contribution in [1.29, 1.82) is 0 Å². The Morgan fingerprint density at radius 1 is 1.03 bits per heavy atom. The smallest absolute Gasteiger partial charge is 0.404 e. The Kier molecular flexibility index (Phi) is 6.00. The van der Waals surface area contributed by atoms with E-state index in [1.807, 2.05) is 25.1 Å². The van der Waals surface area contributed by atoms with Gasteiger partial charge in [0.2, 0.25) is 0 Å². The summed E-state index contributed by atoms with van der Waals surface area (Å²) in [6, 6.07) is 11.9. The molecule has 8 nitrogen and oxygen atoms in total. The molecule has 176 valence electrons. The number of sulfonamides is 1. The number of halogens is 3. The second-order valence-corrected chi connectivity index (χ2v) is 9.11. The van der Waals surface area contributed by atoms with Crippen LogP contribution in [-0.2, 0) is 10.0 Å². The van der Waals surface area contributed by atoms with Crippen LogP contribution in [0.2, 0.25) is 0 Å². The molecule has 0 N–H and O–H groups in total. The molecule has 0 aliphatic rings. The number of aryl methyl sites for hydroxylation is 1. The number of benzene rings is 1. The van der Waals surface area contributed by atoms with E-state index in [9.17, 15) is 21.6 Å². The van der Waals surface area contributed by atoms with Crippen molar-refractivity contribution in [3.05, 3.63) is 78.5 Å². The summed E-state index contributed by atoms with van der Waals surface area (Å²) in [5.74, 6) is -0.844. The summed E-state index contributed by atoms with van der Waals surface area (Å²) >= 11 is 0. The topological polar surface area (TPSA) is 89.2 Å². The Bertz CT molecular complexity index is 1470. The number of ether oxygens (including phenoxy) is 1. The lowest BCUT2D eigenvalue weighted by Gasteiger charge is -2.17. The number of alkyl halides is 3. The molecule has 0 saturated heterocycles. The molecule has 0 spiro atoms. The zero-order chi connectivity index (χ0) is 24.5. The van der Waals surface area contributed by atoms with E-state index in [1.54, 1.807) is 22.9 Å². The Morgan fingerprint density at radius 2 is 1.76 bits per heavy atom. The highest BCUT2D eigenvalue weighted by atomic mass is 32.2. The Hall–Kier alpha value is -3.93. The summed E-state index contributed by atoms with van der Waals surface area (Å²) in [6.07, 6.45) is 1.24. The molecule has 12 heteroatoms. The SMILES string of the molecule is Cc1ccc(-c2ccc3ncc(/C=N/N(C)S(=O)(=O)c4ccccc4OC(F)(F)F)n3c2)cn1. The van der Waals surface area contributed by atoms with Gasteiger partial charge in [-0.3, -0.25) is 9.38 Å². The maximum atomic E-state index is 12.9. The number of fused-ring (bicyclic) bond motifs is 1. The molecule has 3 heterocycles. The predicted octanol–water partition coefficient (Wildman–Crippen LogP) is 4.26. The first-order chi connectivity index (χ1) is 16.0. The normalized spacial score (nSPS) is 12.4. The summed E-state index contributed by atoms with van der Waals surface area (Å²) in [4.78, 5) is 7.88. The van der Waals surface area contributed by atoms with Crippen molar-refractivity contribution in [3.8, 4) is 16.9 Å². The number of nitrogens with zero attached hydrogens (tertiary/aromatic N) is 5. The molecule has 1 aromatic carbocycles. The zero-order valence-corrected chi connectivity index (χ0v) is 18.7. The molecule has 0 saturated carbocycles. The van der Waals surface area contributed by atoms with Crippen LogP contribution in [0.5, 0.6) is 5.75 Å². The number of imidazole rings is 1. The van der Waals surface area contributed by atoms with Crippen molar-refractivity contribution in [2.45, 2.75) is 18.2 Å². The predicted molar refractivity (Wildman–Crippen MR) is 119 cm³/mol. The van der Waals surface area contributed by atoms with Gasteiger partial charge in [0.1, 0.15) is 16.3 Å². The fraction of sp³-hybridized carbons (Fsp3) is 0.136. The van der Waals surface area contributed by atoms with Gasteiger partial charge in [-0.2, -0.15) is 17.9 Å². The van der Waals surface area contributed by atoms with E-state index in [0.717, 1.165) is 36.0 Å². The third kappa shape index (κ3) is 4.86. The number of aromatic nitrogens is 3. The molecule has 0 radical (unpaired) electrons. The second-order valence-electron chi connectivity index (χ2n) is 7.20. The third-order valence-electron chi connectivity index (χ3n) is 4.83. The van der Waals surface area contributed by atoms with Crippen molar-refractivity contribution >= 4 is 21.9 Å². The van der Waals surface area contributed by atoms with Crippen LogP contribution in [0.4, 0.5) is 13.2 Å². The summed E-state index contributed by atoms with van der Waals surface area (Å²) < 4.78 is 69.9. The first-order valence-corrected chi connectivity index (χ1v) is 11.3. The van der Waals surface area contributed by atoms with Crippen molar-refractivity contribution in [2.24, 2.45) is 5.10 Å². The highest BCUT2D eigenvalue weighted by Gasteiger charge is 2.34. The fourth-order valence-electron chi connectivity index (χ4n) is 3.12. The minimum atomic E-state index is -5.05. The molecule has 0 unspecified atom stereocenters. The average Bonchev–Trinajstić information content (AvgIpc) is 3.19. The molecular weight excluding hydrogens is 471 g/mol. The van der Waals surface area contributed by atoms with E-state index >= 15 is 0 Å². The van der Waals surface area contributed by atoms with Crippen LogP contribution < -0.4 is 4.74 Å². The monoisotopic (exact) mass is 489 g/mol. The molecular formula is C22H18F3N5O3S. The first kappa shape index (κ1) is 23.2. The largest absolute Gasteiger partial charge is 0.573 e. The summed E-state index contributed by atoms with van der Waals surface area (Å²) in [7, 11) is -3.32. The van der Waals surface area contributed by atoms with Gasteiger partial charge >= 0.3 is 6.36 Å². The van der Waals surface area contributed by atoms with Crippen LogP contribution >= 0.6 is 0 Å². The number of hydrogen-bond donors (Lipinski definition) is 0. The van der Waals surface area contributed by atoms with Crippen molar-refractivity contribution in [3.63, 3.8) is 0 Å². The number of hydrogen-bond acceptors (Lipinski definition) is 6. The lowest BCUT2D eigenvalue weighted by Crippen LogP contribution is -2.24. The number of para-hydroxylation sites is 1. The highest BCUT2D eigenvalue weighted by Crippen LogP contribution is 2.31. The molecule has 4 aromatic rings. The number of hydrazone groups is 1. The quantitative estimate of drug-likeness (QED) is 0.298. The molecule has 0 aliphatic carbocycles. The van der Waals surface area contributed by atoms with Crippen LogP contribution in [0.1, 0.15) is 11.4 Å². The van der Waals surface area contributed by atoms with E-state index in [-0.39, 0.29) is 0 Å². The average molecular weight is 489 g/mol. The zero-order valence-electron chi connectivity index (χ0n) is 17.9. The van der Waals surface area contributed by atoms with Crippen LogP contribution in [0.25, 0.3) is 16.8 Å². The maximum Gasteiger partial charge on any atom is 0.573 e. The Morgan fingerprint density at radius 3 is 2.47 bits per heavy atom. The van der Waals surface area contributed by atoms with Crippen LogP contribution in [0.15, 0.2) is 77.1 Å². The first-order valence-electron chi connectivity index (χ1n) is 9.82. The Balaban J connectivity index is 1.64. The summed E-state index contributed by atoms with van der Waals surface area (Å²) in [5.41, 5.74) is 3.67. The van der Waals surface area contributed by atoms with Gasteiger partial charge in [-0.15, -0.1) is 13.2 Å². The maximum absolute atomic E-state index is 12.9. The van der Waals surface area contributed by atoms with Crippen molar-refractivity contribution < 1.29 is 26.3 Å². The van der Waals surface area contributed by atoms with E-state index in [1.165, 1.54) is 24.5 Å². The van der Waals surface area contributed by atoms with Gasteiger partial charge in [-0.25, -0.2) is 4.98 Å². The highest BCUT2D eigenvalue weighted by molar-refractivity contribution is 7.89. The Labute approximate surface area is 193 Å². The molecule has 0 aliphatic heterocycles. The van der Waals surface area contributed by atoms with Gasteiger partial charge in [-0.1, -0.05) is 18.2 Å². The molecule has 0 fully saturated rings. The van der Waals surface area contributed by atoms with Crippen molar-refractivity contribution in [1.82, 2.24) is 18.8 Å². The van der Waals surface area contributed by atoms with Gasteiger partial charge in [0.15, 0.2) is 0 Å². The minimum Gasteiger partial charge on any atom is -0.404 e. The van der Waals surface area contributed by atoms with Crippen LogP contribution in [-0.4, -0.2) is 46.8 Å². The third-order valence-corrected chi connectivity index (χ3v) is 6.52. The lowest BCUT2D eigenvalue weighted by atomic mass is 10.1. The van der Waals surface area contributed by atoms with Gasteiger partial charge < -0.3 is 4.74 Å². The van der Waals surface area contributed by atoms with Crippen molar-refractivity contribution in [2.75, 3.05) is 7.05 Å². The number of rotatable bonds is 6.